The van der Waals surface area contributed by atoms with Gasteiger partial charge >= 0.3 is 0 Å². The Hall–Kier alpha value is -3.80. The van der Waals surface area contributed by atoms with E-state index in [0.29, 0.717) is 11.6 Å². The van der Waals surface area contributed by atoms with Gasteiger partial charge in [-0.3, -0.25) is 21.7 Å². The van der Waals surface area contributed by atoms with Crippen molar-refractivity contribution in [2.45, 2.75) is 6.92 Å². The van der Waals surface area contributed by atoms with Gasteiger partial charge < -0.3 is 0 Å². The van der Waals surface area contributed by atoms with Crippen molar-refractivity contribution in [3.05, 3.63) is 84.4 Å². The van der Waals surface area contributed by atoms with Crippen LogP contribution in [0.15, 0.2) is 78.9 Å². The fourth-order valence-electron chi connectivity index (χ4n) is 2.64. The molecule has 4 rings (SSSR count). The first kappa shape index (κ1) is 16.7. The van der Waals surface area contributed by atoms with Crippen LogP contribution in [0.2, 0.25) is 0 Å². The second kappa shape index (κ2) is 7.61. The third kappa shape index (κ3) is 4.07. The topological polar surface area (TPSA) is 73.9 Å². The molecule has 134 valence electrons. The van der Waals surface area contributed by atoms with Gasteiger partial charge in [-0.2, -0.15) is 0 Å². The fourth-order valence-corrected chi connectivity index (χ4v) is 2.64. The number of hydrogen-bond acceptors (Lipinski definition) is 6. The van der Waals surface area contributed by atoms with Crippen molar-refractivity contribution >= 4 is 34.0 Å². The van der Waals surface area contributed by atoms with E-state index in [2.05, 4.69) is 21.7 Å². The van der Waals surface area contributed by atoms with Crippen molar-refractivity contribution in [3.63, 3.8) is 0 Å². The van der Waals surface area contributed by atoms with Gasteiger partial charge in [0.2, 0.25) is 0 Å². The molecule has 0 fully saturated rings. The average molecular weight is 356 g/mol. The Bertz CT molecular complexity index is 1030. The van der Waals surface area contributed by atoms with E-state index in [9.17, 15) is 0 Å². The summed E-state index contributed by atoms with van der Waals surface area (Å²) in [4.78, 5) is 9.43. The largest absolute Gasteiger partial charge is 0.300 e. The summed E-state index contributed by atoms with van der Waals surface area (Å²) in [5, 5.41) is 0. The first-order chi connectivity index (χ1) is 13.3. The molecule has 0 aliphatic carbocycles. The van der Waals surface area contributed by atoms with Gasteiger partial charge in [0.1, 0.15) is 0 Å². The summed E-state index contributed by atoms with van der Waals surface area (Å²) in [6.07, 6.45) is 0. The van der Waals surface area contributed by atoms with Crippen molar-refractivity contribution in [2.75, 3.05) is 21.7 Å². The highest BCUT2D eigenvalue weighted by Crippen LogP contribution is 2.23. The quantitative estimate of drug-likeness (QED) is 0.371. The number of para-hydroxylation sites is 2. The molecule has 0 saturated heterocycles. The number of aryl methyl sites for hydroxylation is 1. The first-order valence-corrected chi connectivity index (χ1v) is 8.70. The monoisotopic (exact) mass is 356 g/mol. The van der Waals surface area contributed by atoms with Crippen LogP contribution in [0.1, 0.15) is 5.56 Å². The van der Waals surface area contributed by atoms with Gasteiger partial charge in [0.15, 0.2) is 11.6 Å². The van der Waals surface area contributed by atoms with Crippen LogP contribution < -0.4 is 21.7 Å². The lowest BCUT2D eigenvalue weighted by Gasteiger charge is -2.16. The van der Waals surface area contributed by atoms with Gasteiger partial charge in [-0.15, -0.1) is 0 Å². The van der Waals surface area contributed by atoms with Crippen molar-refractivity contribution in [1.82, 2.24) is 9.97 Å². The lowest BCUT2D eigenvalue weighted by atomic mass is 10.2. The van der Waals surface area contributed by atoms with Gasteiger partial charge in [-0.25, -0.2) is 9.97 Å². The van der Waals surface area contributed by atoms with Crippen molar-refractivity contribution in [3.8, 4) is 0 Å². The zero-order valence-electron chi connectivity index (χ0n) is 14.9. The number of hydrazine groups is 2. The minimum absolute atomic E-state index is 0.596. The Morgan fingerprint density at radius 2 is 1.07 bits per heavy atom. The second-order valence-corrected chi connectivity index (χ2v) is 6.15. The molecule has 4 N–H and O–H groups in total. The molecule has 0 unspecified atom stereocenters. The van der Waals surface area contributed by atoms with Crippen LogP contribution in [0.5, 0.6) is 0 Å². The molecule has 0 saturated carbocycles. The highest BCUT2D eigenvalue weighted by atomic mass is 15.4. The molecule has 6 nitrogen and oxygen atoms in total. The fraction of sp³-hybridized carbons (Fsp3) is 0.0476. The summed E-state index contributed by atoms with van der Waals surface area (Å²) in [7, 11) is 0. The number of anilines is 4. The summed E-state index contributed by atoms with van der Waals surface area (Å²) < 4.78 is 0. The Balaban J connectivity index is 1.62. The van der Waals surface area contributed by atoms with Crippen molar-refractivity contribution in [1.29, 1.82) is 0 Å². The van der Waals surface area contributed by atoms with Gasteiger partial charge in [0.25, 0.3) is 0 Å². The molecule has 0 aliphatic rings. The Morgan fingerprint density at radius 3 is 1.63 bits per heavy atom. The minimum Gasteiger partial charge on any atom is -0.300 e. The summed E-state index contributed by atoms with van der Waals surface area (Å²) in [5.74, 6) is 1.19. The Kier molecular flexibility index (Phi) is 4.70. The summed E-state index contributed by atoms with van der Waals surface area (Å²) in [5.41, 5.74) is 17.3. The van der Waals surface area contributed by atoms with Crippen LogP contribution in [0, 0.1) is 6.92 Å². The Morgan fingerprint density at radius 1 is 0.556 bits per heavy atom. The predicted octanol–water partition coefficient (Wildman–Crippen LogP) is 4.82. The average Bonchev–Trinajstić information content (AvgIpc) is 2.72. The lowest BCUT2D eigenvalue weighted by Crippen LogP contribution is -2.17. The molecule has 0 atom stereocenters. The van der Waals surface area contributed by atoms with Crippen LogP contribution in [0.3, 0.4) is 0 Å². The number of rotatable bonds is 6. The van der Waals surface area contributed by atoms with Crippen LogP contribution in [0.25, 0.3) is 11.0 Å². The number of nitrogens with one attached hydrogen (secondary N) is 4. The number of hydrogen-bond donors (Lipinski definition) is 4. The molecule has 1 heterocycles. The van der Waals surface area contributed by atoms with Gasteiger partial charge in [-0.05, 0) is 48.9 Å². The smallest absolute Gasteiger partial charge is 0.190 e. The highest BCUT2D eigenvalue weighted by molar-refractivity contribution is 5.81. The first-order valence-electron chi connectivity index (χ1n) is 8.70. The van der Waals surface area contributed by atoms with Gasteiger partial charge in [-0.1, -0.05) is 42.5 Å². The van der Waals surface area contributed by atoms with E-state index in [4.69, 9.17) is 9.97 Å². The SMILES string of the molecule is Cc1ccc2nc(NNc3ccccc3)c(NNc3ccccc3)nc2c1. The van der Waals surface area contributed by atoms with Crippen molar-refractivity contribution < 1.29 is 0 Å². The zero-order valence-corrected chi connectivity index (χ0v) is 14.9. The molecule has 4 aromatic rings. The molecular formula is C21H20N6. The van der Waals surface area contributed by atoms with E-state index in [1.165, 1.54) is 0 Å². The van der Waals surface area contributed by atoms with Crippen LogP contribution in [-0.4, -0.2) is 9.97 Å². The van der Waals surface area contributed by atoms with E-state index in [0.717, 1.165) is 28.0 Å². The second-order valence-electron chi connectivity index (χ2n) is 6.15. The third-order valence-electron chi connectivity index (χ3n) is 4.02. The molecule has 0 aliphatic heterocycles. The summed E-state index contributed by atoms with van der Waals surface area (Å²) in [6.45, 7) is 2.04. The molecule has 0 radical (unpaired) electrons. The molecule has 0 spiro atoms. The molecular weight excluding hydrogens is 336 g/mol. The molecule has 3 aromatic carbocycles. The van der Waals surface area contributed by atoms with Crippen molar-refractivity contribution in [2.24, 2.45) is 0 Å². The molecule has 1 aromatic heterocycles. The number of benzene rings is 3. The van der Waals surface area contributed by atoms with Crippen LogP contribution in [0.4, 0.5) is 23.0 Å². The van der Waals surface area contributed by atoms with Gasteiger partial charge in [0.05, 0.1) is 22.4 Å². The van der Waals surface area contributed by atoms with Crippen LogP contribution in [-0.2, 0) is 0 Å². The predicted molar refractivity (Wildman–Crippen MR) is 112 cm³/mol. The summed E-state index contributed by atoms with van der Waals surface area (Å²) in [6, 6.07) is 25.7. The maximum atomic E-state index is 4.72. The van der Waals surface area contributed by atoms with E-state index in [1.807, 2.05) is 85.8 Å². The zero-order chi connectivity index (χ0) is 18.5. The van der Waals surface area contributed by atoms with Gasteiger partial charge in [0, 0.05) is 0 Å². The van der Waals surface area contributed by atoms with E-state index < -0.39 is 0 Å². The maximum Gasteiger partial charge on any atom is 0.190 e. The molecule has 0 bridgehead atoms. The molecule has 27 heavy (non-hydrogen) atoms. The number of nitrogens with zero attached hydrogens (tertiary/aromatic N) is 2. The Labute approximate surface area is 157 Å². The number of aromatic nitrogens is 2. The standard InChI is InChI=1S/C21H20N6/c1-15-12-13-18-19(14-15)23-21(27-25-17-10-6-3-7-11-17)20(22-18)26-24-16-8-4-2-5-9-16/h2-14,24-25H,1H3,(H,22,26)(H,23,27). The highest BCUT2D eigenvalue weighted by Gasteiger charge is 2.09. The molecule has 0 amide bonds. The van der Waals surface area contributed by atoms with E-state index in [1.54, 1.807) is 0 Å². The third-order valence-corrected chi connectivity index (χ3v) is 4.02. The normalized spacial score (nSPS) is 10.4. The minimum atomic E-state index is 0.596. The van der Waals surface area contributed by atoms with E-state index in [-0.39, 0.29) is 0 Å². The molecule has 6 heteroatoms. The summed E-state index contributed by atoms with van der Waals surface area (Å²) >= 11 is 0. The van der Waals surface area contributed by atoms with E-state index >= 15 is 0 Å². The van der Waals surface area contributed by atoms with Crippen LogP contribution >= 0.6 is 0 Å². The number of fused-ring (bicyclic) bond motifs is 1. The maximum absolute atomic E-state index is 4.72. The lowest BCUT2D eigenvalue weighted by molar-refractivity contribution is 1.21.